The van der Waals surface area contributed by atoms with Gasteiger partial charge in [-0.15, -0.1) is 0 Å². The summed E-state index contributed by atoms with van der Waals surface area (Å²) in [5, 5.41) is 3.71. The molecular weight excluding hydrogens is 348 g/mol. The standard InChI is InChI=1S/C20H25BrN2/c21-19-8-6-18(7-9-19)16-22-20-11-14-23(15-12-20)13-10-17-4-2-1-3-5-17/h1-9,20,22H,10-16H2. The van der Waals surface area contributed by atoms with Gasteiger partial charge in [0.2, 0.25) is 0 Å². The lowest BCUT2D eigenvalue weighted by Crippen LogP contribution is -2.42. The Morgan fingerprint density at radius 2 is 1.61 bits per heavy atom. The van der Waals surface area contributed by atoms with Gasteiger partial charge in [-0.3, -0.25) is 0 Å². The molecule has 2 nitrogen and oxygen atoms in total. The van der Waals surface area contributed by atoms with Gasteiger partial charge in [-0.25, -0.2) is 0 Å². The van der Waals surface area contributed by atoms with E-state index in [1.54, 1.807) is 0 Å². The first-order valence-electron chi connectivity index (χ1n) is 8.54. The number of halogens is 1. The van der Waals surface area contributed by atoms with Crippen molar-refractivity contribution in [3.05, 3.63) is 70.2 Å². The average molecular weight is 373 g/mol. The summed E-state index contributed by atoms with van der Waals surface area (Å²) in [5.74, 6) is 0. The predicted molar refractivity (Wildman–Crippen MR) is 101 cm³/mol. The van der Waals surface area contributed by atoms with Crippen molar-refractivity contribution in [1.29, 1.82) is 0 Å². The Kier molecular flexibility index (Phi) is 6.26. The summed E-state index contributed by atoms with van der Waals surface area (Å²) in [6.45, 7) is 4.58. The molecule has 1 aliphatic rings. The van der Waals surface area contributed by atoms with Crippen LogP contribution in [0.1, 0.15) is 24.0 Å². The van der Waals surface area contributed by atoms with Gasteiger partial charge in [0.25, 0.3) is 0 Å². The van der Waals surface area contributed by atoms with Crippen LogP contribution in [0.25, 0.3) is 0 Å². The van der Waals surface area contributed by atoms with Crippen LogP contribution in [-0.4, -0.2) is 30.6 Å². The largest absolute Gasteiger partial charge is 0.310 e. The molecule has 3 heteroatoms. The Morgan fingerprint density at radius 3 is 2.30 bits per heavy atom. The van der Waals surface area contributed by atoms with E-state index in [1.807, 2.05) is 0 Å². The predicted octanol–water partition coefficient (Wildman–Crippen LogP) is 4.25. The van der Waals surface area contributed by atoms with Gasteiger partial charge in [-0.05, 0) is 55.6 Å². The Hall–Kier alpha value is -1.16. The third-order valence-corrected chi connectivity index (χ3v) is 5.18. The van der Waals surface area contributed by atoms with Crippen molar-refractivity contribution in [2.45, 2.75) is 31.8 Å². The van der Waals surface area contributed by atoms with Crippen LogP contribution >= 0.6 is 15.9 Å². The maximum absolute atomic E-state index is 3.71. The monoisotopic (exact) mass is 372 g/mol. The number of nitrogens with zero attached hydrogens (tertiary/aromatic N) is 1. The van der Waals surface area contributed by atoms with E-state index in [1.165, 1.54) is 43.6 Å². The van der Waals surface area contributed by atoms with Crippen molar-refractivity contribution in [3.8, 4) is 0 Å². The van der Waals surface area contributed by atoms with Crippen LogP contribution in [0.3, 0.4) is 0 Å². The molecule has 0 atom stereocenters. The summed E-state index contributed by atoms with van der Waals surface area (Å²) in [7, 11) is 0. The van der Waals surface area contributed by atoms with E-state index in [0.717, 1.165) is 17.4 Å². The molecule has 23 heavy (non-hydrogen) atoms. The molecule has 0 aromatic heterocycles. The van der Waals surface area contributed by atoms with Crippen molar-refractivity contribution in [2.24, 2.45) is 0 Å². The zero-order valence-corrected chi connectivity index (χ0v) is 15.1. The van der Waals surface area contributed by atoms with E-state index < -0.39 is 0 Å². The summed E-state index contributed by atoms with van der Waals surface area (Å²) >= 11 is 3.49. The van der Waals surface area contributed by atoms with Gasteiger partial charge < -0.3 is 10.2 Å². The van der Waals surface area contributed by atoms with Gasteiger partial charge >= 0.3 is 0 Å². The molecule has 1 fully saturated rings. The normalized spacial score (nSPS) is 16.6. The molecule has 1 heterocycles. The summed E-state index contributed by atoms with van der Waals surface area (Å²) in [6, 6.07) is 20.1. The SMILES string of the molecule is Brc1ccc(CNC2CCN(CCc3ccccc3)CC2)cc1. The van der Waals surface area contributed by atoms with Crippen LogP contribution in [0.15, 0.2) is 59.1 Å². The molecule has 1 saturated heterocycles. The van der Waals surface area contributed by atoms with Crippen molar-refractivity contribution in [3.63, 3.8) is 0 Å². The van der Waals surface area contributed by atoms with Crippen molar-refractivity contribution < 1.29 is 0 Å². The Labute approximate surface area is 148 Å². The molecule has 0 bridgehead atoms. The number of nitrogens with one attached hydrogen (secondary N) is 1. The van der Waals surface area contributed by atoms with Crippen LogP contribution in [0, 0.1) is 0 Å². The van der Waals surface area contributed by atoms with Gasteiger partial charge in [0.1, 0.15) is 0 Å². The third kappa shape index (κ3) is 5.45. The molecule has 0 unspecified atom stereocenters. The average Bonchev–Trinajstić information content (AvgIpc) is 2.61. The first kappa shape index (κ1) is 16.7. The fourth-order valence-electron chi connectivity index (χ4n) is 3.16. The van der Waals surface area contributed by atoms with Crippen LogP contribution < -0.4 is 5.32 Å². The highest BCUT2D eigenvalue weighted by Gasteiger charge is 2.18. The Bertz CT molecular complexity index is 574. The minimum Gasteiger partial charge on any atom is -0.310 e. The molecule has 0 radical (unpaired) electrons. The molecule has 0 saturated carbocycles. The zero-order chi connectivity index (χ0) is 15.9. The highest BCUT2D eigenvalue weighted by molar-refractivity contribution is 9.10. The number of likely N-dealkylation sites (tertiary alicyclic amines) is 1. The van der Waals surface area contributed by atoms with Crippen molar-refractivity contribution in [2.75, 3.05) is 19.6 Å². The van der Waals surface area contributed by atoms with Gasteiger partial charge in [0.15, 0.2) is 0 Å². The van der Waals surface area contributed by atoms with Gasteiger partial charge in [-0.1, -0.05) is 58.4 Å². The van der Waals surface area contributed by atoms with E-state index in [-0.39, 0.29) is 0 Å². The Balaban J connectivity index is 1.36. The summed E-state index contributed by atoms with van der Waals surface area (Å²) in [4.78, 5) is 2.60. The number of rotatable bonds is 6. The van der Waals surface area contributed by atoms with Gasteiger partial charge in [0.05, 0.1) is 0 Å². The fraction of sp³-hybridized carbons (Fsp3) is 0.400. The number of hydrogen-bond donors (Lipinski definition) is 1. The molecule has 0 spiro atoms. The zero-order valence-electron chi connectivity index (χ0n) is 13.5. The van der Waals surface area contributed by atoms with Crippen LogP contribution in [-0.2, 0) is 13.0 Å². The van der Waals surface area contributed by atoms with Crippen molar-refractivity contribution in [1.82, 2.24) is 10.2 Å². The molecular formula is C20H25BrN2. The molecule has 2 aromatic carbocycles. The quantitative estimate of drug-likeness (QED) is 0.815. The van der Waals surface area contributed by atoms with Crippen LogP contribution in [0.2, 0.25) is 0 Å². The lowest BCUT2D eigenvalue weighted by Gasteiger charge is -2.32. The van der Waals surface area contributed by atoms with Crippen LogP contribution in [0.5, 0.6) is 0 Å². The van der Waals surface area contributed by atoms with E-state index in [4.69, 9.17) is 0 Å². The van der Waals surface area contributed by atoms with E-state index in [2.05, 4.69) is 80.7 Å². The minimum absolute atomic E-state index is 0.659. The molecule has 1 aliphatic heterocycles. The van der Waals surface area contributed by atoms with Gasteiger partial charge in [-0.2, -0.15) is 0 Å². The van der Waals surface area contributed by atoms with Gasteiger partial charge in [0, 0.05) is 23.6 Å². The van der Waals surface area contributed by atoms with Crippen LogP contribution in [0.4, 0.5) is 0 Å². The maximum atomic E-state index is 3.71. The highest BCUT2D eigenvalue weighted by Crippen LogP contribution is 2.14. The minimum atomic E-state index is 0.659. The molecule has 1 N–H and O–H groups in total. The maximum Gasteiger partial charge on any atom is 0.0208 e. The topological polar surface area (TPSA) is 15.3 Å². The number of piperidine rings is 1. The molecule has 0 aliphatic carbocycles. The second-order valence-electron chi connectivity index (χ2n) is 6.36. The molecule has 2 aromatic rings. The second-order valence-corrected chi connectivity index (χ2v) is 7.27. The fourth-order valence-corrected chi connectivity index (χ4v) is 3.42. The van der Waals surface area contributed by atoms with E-state index in [9.17, 15) is 0 Å². The molecule has 0 amide bonds. The lowest BCUT2D eigenvalue weighted by molar-refractivity contribution is 0.199. The van der Waals surface area contributed by atoms with E-state index in [0.29, 0.717) is 6.04 Å². The summed E-state index contributed by atoms with van der Waals surface area (Å²) in [6.07, 6.45) is 3.68. The number of hydrogen-bond acceptors (Lipinski definition) is 2. The lowest BCUT2D eigenvalue weighted by atomic mass is 10.0. The van der Waals surface area contributed by atoms with Crippen molar-refractivity contribution >= 4 is 15.9 Å². The first-order chi connectivity index (χ1) is 11.3. The first-order valence-corrected chi connectivity index (χ1v) is 9.33. The number of benzene rings is 2. The molecule has 122 valence electrons. The highest BCUT2D eigenvalue weighted by atomic mass is 79.9. The Morgan fingerprint density at radius 1 is 0.913 bits per heavy atom. The smallest absolute Gasteiger partial charge is 0.0208 e. The third-order valence-electron chi connectivity index (χ3n) is 4.66. The second kappa shape index (κ2) is 8.62. The summed E-state index contributed by atoms with van der Waals surface area (Å²) < 4.78 is 1.15. The van der Waals surface area contributed by atoms with E-state index >= 15 is 0 Å². The molecule has 3 rings (SSSR count). The summed E-state index contributed by atoms with van der Waals surface area (Å²) in [5.41, 5.74) is 2.81.